The molecule has 0 unspecified atom stereocenters. The maximum Gasteiger partial charge on any atom is 0.355 e. The highest BCUT2D eigenvalue weighted by molar-refractivity contribution is 5.72. The van der Waals surface area contributed by atoms with Crippen molar-refractivity contribution in [1.82, 2.24) is 19.6 Å². The molecule has 0 radical (unpaired) electrons. The fourth-order valence-corrected chi connectivity index (χ4v) is 2.96. The maximum atomic E-state index is 13.3. The van der Waals surface area contributed by atoms with Crippen LogP contribution in [0.25, 0.3) is 0 Å². The summed E-state index contributed by atoms with van der Waals surface area (Å²) in [5.41, 5.74) is 7.86. The van der Waals surface area contributed by atoms with Crippen LogP contribution in [-0.2, 0) is 17.9 Å². The summed E-state index contributed by atoms with van der Waals surface area (Å²) in [7, 11) is 1.58. The van der Waals surface area contributed by atoms with Crippen LogP contribution in [0.15, 0.2) is 64.2 Å². The Labute approximate surface area is 183 Å². The van der Waals surface area contributed by atoms with E-state index in [1.165, 1.54) is 4.57 Å². The number of guanidine groups is 1. The smallest absolute Gasteiger partial charge is 0.355 e. The molecule has 32 heavy (non-hydrogen) atoms. The van der Waals surface area contributed by atoms with Gasteiger partial charge in [-0.1, -0.05) is 42.5 Å². The molecule has 0 spiro atoms. The van der Waals surface area contributed by atoms with Gasteiger partial charge in [0.25, 0.3) is 0 Å². The van der Waals surface area contributed by atoms with Crippen molar-refractivity contribution in [2.75, 3.05) is 25.6 Å². The standard InChI is InChI=1S/C21H25N7O4/c1-31-17-9-7-16(8-10-17)13-27-19(24-11-12-32-26-18(22)23)25-20(29)28(21(27)30)14-15-5-3-2-4-6-15/h2-10H,11-14H2,1H3,(H4,22,23,26)(H,24,25,29). The zero-order valence-electron chi connectivity index (χ0n) is 17.6. The molecule has 0 aliphatic rings. The molecular formula is C21H25N7O4. The van der Waals surface area contributed by atoms with Crippen molar-refractivity contribution in [3.63, 3.8) is 0 Å². The van der Waals surface area contributed by atoms with Gasteiger partial charge in [-0.25, -0.2) is 19.6 Å². The van der Waals surface area contributed by atoms with E-state index in [2.05, 4.69) is 15.8 Å². The van der Waals surface area contributed by atoms with E-state index < -0.39 is 11.4 Å². The lowest BCUT2D eigenvalue weighted by molar-refractivity contribution is 0.0921. The molecule has 5 N–H and O–H groups in total. The molecule has 0 saturated carbocycles. The number of hydrogen-bond acceptors (Lipinski definition) is 7. The molecule has 168 valence electrons. The van der Waals surface area contributed by atoms with E-state index in [4.69, 9.17) is 20.7 Å². The number of methoxy groups -OCH3 is 1. The van der Waals surface area contributed by atoms with E-state index >= 15 is 0 Å². The van der Waals surface area contributed by atoms with Gasteiger partial charge >= 0.3 is 11.4 Å². The van der Waals surface area contributed by atoms with Crippen LogP contribution >= 0.6 is 0 Å². The zero-order chi connectivity index (χ0) is 22.9. The second kappa shape index (κ2) is 10.8. The molecule has 0 fully saturated rings. The number of rotatable bonds is 10. The predicted molar refractivity (Wildman–Crippen MR) is 120 cm³/mol. The minimum atomic E-state index is -0.657. The average Bonchev–Trinajstić information content (AvgIpc) is 2.79. The first-order chi connectivity index (χ1) is 15.5. The van der Waals surface area contributed by atoms with Gasteiger partial charge in [0, 0.05) is 6.54 Å². The van der Waals surface area contributed by atoms with Crippen LogP contribution in [0.3, 0.4) is 0 Å². The van der Waals surface area contributed by atoms with Gasteiger partial charge < -0.3 is 15.8 Å². The summed E-state index contributed by atoms with van der Waals surface area (Å²) in [5.74, 6) is 0.483. The Hall–Kier alpha value is -4.12. The van der Waals surface area contributed by atoms with Crippen molar-refractivity contribution < 1.29 is 9.57 Å². The van der Waals surface area contributed by atoms with Crippen molar-refractivity contribution >= 4 is 11.9 Å². The Morgan fingerprint density at radius 2 is 1.69 bits per heavy atom. The Balaban J connectivity index is 1.90. The molecule has 1 heterocycles. The number of hydroxylamine groups is 1. The van der Waals surface area contributed by atoms with Crippen LogP contribution in [0.2, 0.25) is 0 Å². The van der Waals surface area contributed by atoms with Crippen molar-refractivity contribution in [1.29, 1.82) is 5.41 Å². The molecule has 0 bridgehead atoms. The van der Waals surface area contributed by atoms with Gasteiger partial charge in [0.1, 0.15) is 5.75 Å². The normalized spacial score (nSPS) is 10.5. The summed E-state index contributed by atoms with van der Waals surface area (Å²) < 4.78 is 7.67. The highest BCUT2D eigenvalue weighted by Gasteiger charge is 2.14. The van der Waals surface area contributed by atoms with E-state index in [1.54, 1.807) is 19.2 Å². The molecule has 0 aliphatic carbocycles. The summed E-state index contributed by atoms with van der Waals surface area (Å²) in [6, 6.07) is 16.5. The van der Waals surface area contributed by atoms with Gasteiger partial charge in [-0.05, 0) is 23.3 Å². The Morgan fingerprint density at radius 3 is 2.34 bits per heavy atom. The molecular weight excluding hydrogens is 414 g/mol. The number of ether oxygens (including phenoxy) is 1. The highest BCUT2D eigenvalue weighted by Crippen LogP contribution is 2.13. The summed E-state index contributed by atoms with van der Waals surface area (Å²) in [5, 5.41) is 10.0. The van der Waals surface area contributed by atoms with E-state index in [9.17, 15) is 9.59 Å². The molecule has 0 aliphatic heterocycles. The molecule has 11 nitrogen and oxygen atoms in total. The number of anilines is 1. The van der Waals surface area contributed by atoms with Gasteiger partial charge in [-0.2, -0.15) is 4.98 Å². The number of aromatic nitrogens is 3. The molecule has 3 aromatic rings. The van der Waals surface area contributed by atoms with E-state index in [0.717, 1.165) is 15.7 Å². The lowest BCUT2D eigenvalue weighted by Gasteiger charge is -2.16. The first-order valence-corrected chi connectivity index (χ1v) is 9.82. The molecule has 2 aromatic carbocycles. The fourth-order valence-electron chi connectivity index (χ4n) is 2.96. The third-order valence-corrected chi connectivity index (χ3v) is 4.50. The largest absolute Gasteiger partial charge is 0.497 e. The number of hydrogen-bond donors (Lipinski definition) is 4. The predicted octanol–water partition coefficient (Wildman–Crippen LogP) is 0.337. The number of nitrogens with two attached hydrogens (primary N) is 1. The third-order valence-electron chi connectivity index (χ3n) is 4.50. The summed E-state index contributed by atoms with van der Waals surface area (Å²) in [4.78, 5) is 35.0. The summed E-state index contributed by atoms with van der Waals surface area (Å²) >= 11 is 0. The summed E-state index contributed by atoms with van der Waals surface area (Å²) in [6.07, 6.45) is 0. The van der Waals surface area contributed by atoms with Crippen molar-refractivity contribution in [2.24, 2.45) is 5.73 Å². The second-order valence-corrected chi connectivity index (χ2v) is 6.80. The third kappa shape index (κ3) is 5.95. The Kier molecular flexibility index (Phi) is 7.60. The van der Waals surface area contributed by atoms with Crippen LogP contribution in [0.5, 0.6) is 5.75 Å². The SMILES string of the molecule is COc1ccc(Cn2c(NCCONC(=N)N)nc(=O)n(Cc3ccccc3)c2=O)cc1. The number of nitrogens with zero attached hydrogens (tertiary/aromatic N) is 3. The van der Waals surface area contributed by atoms with Crippen LogP contribution in [0.1, 0.15) is 11.1 Å². The monoisotopic (exact) mass is 439 g/mol. The minimum absolute atomic E-state index is 0.111. The molecule has 0 saturated heterocycles. The zero-order valence-corrected chi connectivity index (χ0v) is 17.6. The van der Waals surface area contributed by atoms with Gasteiger partial charge in [0.2, 0.25) is 11.9 Å². The second-order valence-electron chi connectivity index (χ2n) is 6.80. The van der Waals surface area contributed by atoms with Gasteiger partial charge in [-0.15, -0.1) is 0 Å². The van der Waals surface area contributed by atoms with Crippen molar-refractivity contribution in [2.45, 2.75) is 13.1 Å². The number of nitrogens with one attached hydrogen (secondary N) is 3. The van der Waals surface area contributed by atoms with Crippen LogP contribution in [0, 0.1) is 5.41 Å². The minimum Gasteiger partial charge on any atom is -0.497 e. The maximum absolute atomic E-state index is 13.3. The van der Waals surface area contributed by atoms with E-state index in [0.29, 0.717) is 5.75 Å². The van der Waals surface area contributed by atoms with Crippen LogP contribution < -0.4 is 32.6 Å². The van der Waals surface area contributed by atoms with Crippen molar-refractivity contribution in [3.05, 3.63) is 86.7 Å². The van der Waals surface area contributed by atoms with Gasteiger partial charge in [0.05, 0.1) is 26.8 Å². The van der Waals surface area contributed by atoms with Crippen LogP contribution in [0.4, 0.5) is 5.95 Å². The molecule has 0 atom stereocenters. The lowest BCUT2D eigenvalue weighted by Crippen LogP contribution is -2.43. The Morgan fingerprint density at radius 1 is 1.03 bits per heavy atom. The quantitative estimate of drug-likeness (QED) is 0.153. The number of benzene rings is 2. The summed E-state index contributed by atoms with van der Waals surface area (Å²) in [6.45, 7) is 0.641. The molecule has 3 rings (SSSR count). The Bertz CT molecular complexity index is 1160. The van der Waals surface area contributed by atoms with E-state index in [1.807, 2.05) is 42.5 Å². The van der Waals surface area contributed by atoms with Gasteiger partial charge in [-0.3, -0.25) is 14.8 Å². The van der Waals surface area contributed by atoms with Crippen molar-refractivity contribution in [3.8, 4) is 5.75 Å². The molecule has 11 heteroatoms. The molecule has 0 amide bonds. The lowest BCUT2D eigenvalue weighted by atomic mass is 10.2. The van der Waals surface area contributed by atoms with E-state index in [-0.39, 0.29) is 38.1 Å². The average molecular weight is 439 g/mol. The van der Waals surface area contributed by atoms with Gasteiger partial charge in [0.15, 0.2) is 0 Å². The first kappa shape index (κ1) is 22.6. The molecule has 1 aromatic heterocycles. The fraction of sp³-hybridized carbons (Fsp3) is 0.238. The van der Waals surface area contributed by atoms with Crippen LogP contribution in [-0.4, -0.2) is 40.3 Å². The topological polar surface area (TPSA) is 149 Å². The first-order valence-electron chi connectivity index (χ1n) is 9.82. The highest BCUT2D eigenvalue weighted by atomic mass is 16.6.